The smallest absolute Gasteiger partial charge is 0.166 e. The molecule has 3 heteroatoms. The standard InChI is InChI=1S/C29H54N2S/c1-28(2,22-13-9-7-6-8-10-14-22)24-19-20-25(21-24)29(3,4)23-15-11-17-26(18-12-16-23)31-27(32)30-5/h22-26H,6-21H2,1-5H3,(H2,30,31,32). The summed E-state index contributed by atoms with van der Waals surface area (Å²) >= 11 is 5.35. The fraction of sp³-hybridized carbons (Fsp3) is 0.966. The van der Waals surface area contributed by atoms with Crippen LogP contribution in [0.25, 0.3) is 0 Å². The van der Waals surface area contributed by atoms with E-state index < -0.39 is 0 Å². The third-order valence-corrected chi connectivity index (χ3v) is 10.8. The molecule has 32 heavy (non-hydrogen) atoms. The highest BCUT2D eigenvalue weighted by Crippen LogP contribution is 2.56. The summed E-state index contributed by atoms with van der Waals surface area (Å²) in [4.78, 5) is 0. The Morgan fingerprint density at radius 1 is 0.594 bits per heavy atom. The minimum atomic E-state index is 0.492. The van der Waals surface area contributed by atoms with Crippen LogP contribution in [-0.2, 0) is 0 Å². The predicted molar refractivity (Wildman–Crippen MR) is 144 cm³/mol. The minimum Gasteiger partial charge on any atom is -0.366 e. The number of rotatable bonds is 5. The van der Waals surface area contributed by atoms with Crippen LogP contribution < -0.4 is 10.6 Å². The summed E-state index contributed by atoms with van der Waals surface area (Å²) in [5.74, 6) is 3.73. The Balaban J connectivity index is 1.55. The van der Waals surface area contributed by atoms with E-state index in [1.54, 1.807) is 0 Å². The van der Waals surface area contributed by atoms with E-state index in [0.29, 0.717) is 16.9 Å². The molecule has 2 atom stereocenters. The zero-order valence-corrected chi connectivity index (χ0v) is 22.9. The van der Waals surface area contributed by atoms with Gasteiger partial charge in [0.1, 0.15) is 0 Å². The Morgan fingerprint density at radius 2 is 1.03 bits per heavy atom. The van der Waals surface area contributed by atoms with Gasteiger partial charge in [0.25, 0.3) is 0 Å². The molecule has 0 aromatic rings. The van der Waals surface area contributed by atoms with Crippen LogP contribution in [0.3, 0.4) is 0 Å². The number of thiocarbonyl (C=S) groups is 1. The maximum atomic E-state index is 5.35. The molecule has 0 spiro atoms. The summed E-state index contributed by atoms with van der Waals surface area (Å²) in [5, 5.41) is 7.43. The molecule has 3 rings (SSSR count). The molecule has 2 N–H and O–H groups in total. The highest BCUT2D eigenvalue weighted by atomic mass is 32.1. The number of nitrogens with one attached hydrogen (secondary N) is 2. The van der Waals surface area contributed by atoms with E-state index in [1.807, 2.05) is 7.05 Å². The molecule has 0 aromatic heterocycles. The first-order chi connectivity index (χ1) is 15.2. The SMILES string of the molecule is CNC(=S)NC1CCCC(C(C)(C)C2CCC(C(C)(C)C3CCCCCCC3)C2)CCC1. The molecule has 3 aliphatic rings. The van der Waals surface area contributed by atoms with Gasteiger partial charge >= 0.3 is 0 Å². The first kappa shape index (κ1) is 26.3. The van der Waals surface area contributed by atoms with E-state index in [0.717, 1.165) is 28.8 Å². The topological polar surface area (TPSA) is 24.1 Å². The molecular formula is C29H54N2S. The third-order valence-electron chi connectivity index (χ3n) is 10.5. The van der Waals surface area contributed by atoms with Crippen molar-refractivity contribution in [3.05, 3.63) is 0 Å². The molecule has 0 bridgehead atoms. The van der Waals surface area contributed by atoms with Crippen molar-refractivity contribution in [2.24, 2.45) is 34.5 Å². The van der Waals surface area contributed by atoms with Gasteiger partial charge in [-0.25, -0.2) is 0 Å². The van der Waals surface area contributed by atoms with E-state index in [-0.39, 0.29) is 0 Å². The van der Waals surface area contributed by atoms with Crippen molar-refractivity contribution in [3.63, 3.8) is 0 Å². The zero-order chi connectivity index (χ0) is 23.2. The van der Waals surface area contributed by atoms with Gasteiger partial charge in [-0.15, -0.1) is 0 Å². The molecule has 0 amide bonds. The molecule has 0 heterocycles. The highest BCUT2D eigenvalue weighted by molar-refractivity contribution is 7.80. The second kappa shape index (κ2) is 11.9. The molecule has 3 fully saturated rings. The summed E-state index contributed by atoms with van der Waals surface area (Å²) in [5.41, 5.74) is 1.03. The van der Waals surface area contributed by atoms with Crippen molar-refractivity contribution in [2.75, 3.05) is 7.05 Å². The monoisotopic (exact) mass is 462 g/mol. The van der Waals surface area contributed by atoms with Gasteiger partial charge in [-0.05, 0) is 105 Å². The van der Waals surface area contributed by atoms with Gasteiger partial charge in [-0.3, -0.25) is 0 Å². The first-order valence-corrected chi connectivity index (χ1v) is 14.6. The molecule has 2 nitrogen and oxygen atoms in total. The van der Waals surface area contributed by atoms with Crippen LogP contribution in [0, 0.1) is 34.5 Å². The average molecular weight is 463 g/mol. The van der Waals surface area contributed by atoms with Crippen LogP contribution in [0.4, 0.5) is 0 Å². The highest BCUT2D eigenvalue weighted by Gasteiger charge is 2.46. The van der Waals surface area contributed by atoms with Crippen molar-refractivity contribution >= 4 is 17.3 Å². The second-order valence-corrected chi connectivity index (χ2v) is 13.3. The number of hydrogen-bond acceptors (Lipinski definition) is 1. The summed E-state index contributed by atoms with van der Waals surface area (Å²) in [6.07, 6.45) is 22.9. The third kappa shape index (κ3) is 6.63. The van der Waals surface area contributed by atoms with Gasteiger partial charge < -0.3 is 10.6 Å². The lowest BCUT2D eigenvalue weighted by Crippen LogP contribution is -2.41. The molecule has 0 radical (unpaired) electrons. The van der Waals surface area contributed by atoms with Crippen molar-refractivity contribution in [1.82, 2.24) is 10.6 Å². The van der Waals surface area contributed by atoms with Crippen LogP contribution in [0.5, 0.6) is 0 Å². The molecule has 2 unspecified atom stereocenters. The van der Waals surface area contributed by atoms with Crippen molar-refractivity contribution < 1.29 is 0 Å². The molecule has 186 valence electrons. The number of hydrogen-bond donors (Lipinski definition) is 2. The Morgan fingerprint density at radius 3 is 1.50 bits per heavy atom. The van der Waals surface area contributed by atoms with E-state index in [9.17, 15) is 0 Å². The Hall–Kier alpha value is -0.310. The van der Waals surface area contributed by atoms with Gasteiger partial charge in [0, 0.05) is 13.1 Å². The van der Waals surface area contributed by atoms with Crippen molar-refractivity contribution in [1.29, 1.82) is 0 Å². The fourth-order valence-electron chi connectivity index (χ4n) is 7.86. The van der Waals surface area contributed by atoms with Gasteiger partial charge in [0.15, 0.2) is 5.11 Å². The summed E-state index contributed by atoms with van der Waals surface area (Å²) in [7, 11) is 1.92. The fourth-order valence-corrected chi connectivity index (χ4v) is 8.02. The lowest BCUT2D eigenvalue weighted by Gasteiger charge is -2.44. The van der Waals surface area contributed by atoms with Gasteiger partial charge in [0.05, 0.1) is 0 Å². The van der Waals surface area contributed by atoms with Crippen LogP contribution in [-0.4, -0.2) is 18.2 Å². The summed E-state index contributed by atoms with van der Waals surface area (Å²) in [6.45, 7) is 10.6. The van der Waals surface area contributed by atoms with Crippen LogP contribution >= 0.6 is 12.2 Å². The van der Waals surface area contributed by atoms with E-state index in [4.69, 9.17) is 12.2 Å². The summed E-state index contributed by atoms with van der Waals surface area (Å²) in [6, 6.07) is 0.569. The first-order valence-electron chi connectivity index (χ1n) is 14.2. The van der Waals surface area contributed by atoms with Crippen molar-refractivity contribution in [2.45, 2.75) is 136 Å². The molecule has 0 aliphatic heterocycles. The second-order valence-electron chi connectivity index (χ2n) is 12.9. The van der Waals surface area contributed by atoms with Gasteiger partial charge in [-0.1, -0.05) is 72.6 Å². The van der Waals surface area contributed by atoms with Crippen LogP contribution in [0.15, 0.2) is 0 Å². The molecule has 0 aromatic carbocycles. The molecular weight excluding hydrogens is 408 g/mol. The predicted octanol–water partition coefficient (Wildman–Crippen LogP) is 8.25. The van der Waals surface area contributed by atoms with Crippen LogP contribution in [0.2, 0.25) is 0 Å². The maximum Gasteiger partial charge on any atom is 0.166 e. The van der Waals surface area contributed by atoms with Gasteiger partial charge in [-0.2, -0.15) is 0 Å². The maximum absolute atomic E-state index is 5.35. The van der Waals surface area contributed by atoms with Crippen molar-refractivity contribution in [3.8, 4) is 0 Å². The quantitative estimate of drug-likeness (QED) is 0.402. The lowest BCUT2D eigenvalue weighted by molar-refractivity contribution is 0.0621. The summed E-state index contributed by atoms with van der Waals surface area (Å²) < 4.78 is 0. The van der Waals surface area contributed by atoms with E-state index in [1.165, 1.54) is 103 Å². The zero-order valence-electron chi connectivity index (χ0n) is 22.1. The molecule has 3 aliphatic carbocycles. The lowest BCUT2D eigenvalue weighted by atomic mass is 9.62. The Bertz CT molecular complexity index is 566. The van der Waals surface area contributed by atoms with E-state index in [2.05, 4.69) is 38.3 Å². The van der Waals surface area contributed by atoms with Gasteiger partial charge in [0.2, 0.25) is 0 Å². The minimum absolute atomic E-state index is 0.492. The average Bonchev–Trinajstić information content (AvgIpc) is 3.21. The Labute approximate surface area is 205 Å². The van der Waals surface area contributed by atoms with E-state index >= 15 is 0 Å². The van der Waals surface area contributed by atoms with Crippen LogP contribution in [0.1, 0.15) is 130 Å². The Kier molecular flexibility index (Phi) is 9.78. The molecule has 3 saturated carbocycles. The normalized spacial score (nSPS) is 31.8. The largest absolute Gasteiger partial charge is 0.366 e. The molecule has 0 saturated heterocycles.